The van der Waals surface area contributed by atoms with Crippen molar-refractivity contribution in [3.63, 3.8) is 0 Å². The highest BCUT2D eigenvalue weighted by molar-refractivity contribution is 5.93. The van der Waals surface area contributed by atoms with Crippen LogP contribution in [0.15, 0.2) is 18.3 Å². The van der Waals surface area contributed by atoms with Gasteiger partial charge >= 0.3 is 5.97 Å². The molecule has 0 radical (unpaired) electrons. The summed E-state index contributed by atoms with van der Waals surface area (Å²) >= 11 is 0. The molecule has 2 heterocycles. The van der Waals surface area contributed by atoms with E-state index in [0.29, 0.717) is 18.7 Å². The molecule has 1 aliphatic rings. The zero-order valence-corrected chi connectivity index (χ0v) is 13.0. The topological polar surface area (TPSA) is 70.5 Å². The van der Waals surface area contributed by atoms with E-state index in [2.05, 4.69) is 25.8 Å². The van der Waals surface area contributed by atoms with E-state index in [-0.39, 0.29) is 17.9 Å². The molecule has 0 aliphatic carbocycles. The molecule has 0 spiro atoms. The van der Waals surface area contributed by atoms with E-state index in [0.717, 1.165) is 5.56 Å². The highest BCUT2D eigenvalue weighted by atomic mass is 16.4. The van der Waals surface area contributed by atoms with Gasteiger partial charge in [0.05, 0.1) is 5.41 Å². The molecule has 1 aromatic heterocycles. The molecule has 5 heteroatoms. The summed E-state index contributed by atoms with van der Waals surface area (Å²) in [6.45, 7) is 8.64. The van der Waals surface area contributed by atoms with Crippen molar-refractivity contribution in [3.8, 4) is 0 Å². The third kappa shape index (κ3) is 3.06. The van der Waals surface area contributed by atoms with Gasteiger partial charge in [-0.15, -0.1) is 0 Å². The Morgan fingerprint density at radius 3 is 2.43 bits per heavy atom. The van der Waals surface area contributed by atoms with E-state index < -0.39 is 11.4 Å². The maximum atomic E-state index is 12.4. The Morgan fingerprint density at radius 1 is 1.33 bits per heavy atom. The average Bonchev–Trinajstić information content (AvgIpc) is 2.81. The largest absolute Gasteiger partial charge is 0.481 e. The van der Waals surface area contributed by atoms with Crippen LogP contribution >= 0.6 is 0 Å². The Bertz CT molecular complexity index is 560. The number of pyridine rings is 1. The van der Waals surface area contributed by atoms with Crippen LogP contribution in [0.1, 0.15) is 50.2 Å². The molecule has 1 saturated heterocycles. The summed E-state index contributed by atoms with van der Waals surface area (Å²) in [6, 6.07) is 3.63. The Labute approximate surface area is 125 Å². The van der Waals surface area contributed by atoms with Crippen molar-refractivity contribution in [2.75, 3.05) is 13.1 Å². The highest BCUT2D eigenvalue weighted by Crippen LogP contribution is 2.31. The van der Waals surface area contributed by atoms with Gasteiger partial charge in [0.1, 0.15) is 5.69 Å². The average molecular weight is 290 g/mol. The maximum absolute atomic E-state index is 12.4. The molecule has 21 heavy (non-hydrogen) atoms. The van der Waals surface area contributed by atoms with Gasteiger partial charge in [0, 0.05) is 19.3 Å². The van der Waals surface area contributed by atoms with Crippen LogP contribution in [0.25, 0.3) is 0 Å². The predicted octanol–water partition coefficient (Wildman–Crippen LogP) is 2.32. The van der Waals surface area contributed by atoms with Crippen molar-refractivity contribution >= 4 is 11.9 Å². The molecule has 2 rings (SSSR count). The van der Waals surface area contributed by atoms with Crippen LogP contribution < -0.4 is 0 Å². The Kier molecular flexibility index (Phi) is 3.78. The van der Waals surface area contributed by atoms with Gasteiger partial charge in [-0.3, -0.25) is 14.6 Å². The first kappa shape index (κ1) is 15.5. The van der Waals surface area contributed by atoms with Gasteiger partial charge in [-0.2, -0.15) is 0 Å². The summed E-state index contributed by atoms with van der Waals surface area (Å²) in [6.07, 6.45) is 2.20. The van der Waals surface area contributed by atoms with E-state index >= 15 is 0 Å². The second-order valence-corrected chi connectivity index (χ2v) is 7.02. The third-order valence-electron chi connectivity index (χ3n) is 4.13. The molecule has 114 valence electrons. The van der Waals surface area contributed by atoms with Crippen molar-refractivity contribution in [3.05, 3.63) is 29.6 Å². The number of amides is 1. The second kappa shape index (κ2) is 5.13. The van der Waals surface area contributed by atoms with E-state index in [9.17, 15) is 14.7 Å². The highest BCUT2D eigenvalue weighted by Gasteiger charge is 2.42. The molecule has 1 aromatic rings. The number of rotatable bonds is 2. The Morgan fingerprint density at radius 2 is 2.00 bits per heavy atom. The van der Waals surface area contributed by atoms with Crippen LogP contribution in [0.4, 0.5) is 0 Å². The molecule has 0 saturated carbocycles. The molecule has 1 unspecified atom stereocenters. The minimum Gasteiger partial charge on any atom is -0.481 e. The van der Waals surface area contributed by atoms with Crippen LogP contribution in [0.5, 0.6) is 0 Å². The number of carbonyl (C=O) groups is 2. The fourth-order valence-electron chi connectivity index (χ4n) is 2.44. The summed E-state index contributed by atoms with van der Waals surface area (Å²) in [5.41, 5.74) is 0.582. The van der Waals surface area contributed by atoms with Crippen molar-refractivity contribution in [1.29, 1.82) is 0 Å². The van der Waals surface area contributed by atoms with Gasteiger partial charge in [-0.25, -0.2) is 0 Å². The van der Waals surface area contributed by atoms with Gasteiger partial charge in [0.2, 0.25) is 0 Å². The molecule has 1 N–H and O–H groups in total. The van der Waals surface area contributed by atoms with Crippen LogP contribution in [0.2, 0.25) is 0 Å². The molecule has 1 amide bonds. The number of aliphatic carboxylic acids is 1. The lowest BCUT2D eigenvalue weighted by atomic mass is 9.88. The van der Waals surface area contributed by atoms with Crippen molar-refractivity contribution in [1.82, 2.24) is 9.88 Å². The SMILES string of the molecule is CC1(C(=O)O)CCN(C(=O)c2ccc(C(C)(C)C)cn2)C1. The number of carbonyl (C=O) groups excluding carboxylic acids is 1. The first-order chi connectivity index (χ1) is 9.63. The minimum absolute atomic E-state index is 0.00982. The van der Waals surface area contributed by atoms with Crippen LogP contribution in [0, 0.1) is 5.41 Å². The standard InChI is InChI=1S/C16H22N2O3/c1-15(2,3)11-5-6-12(17-9-11)13(19)18-8-7-16(4,10-18)14(20)21/h5-6,9H,7-8,10H2,1-4H3,(H,20,21). The molecule has 0 aromatic carbocycles. The summed E-state index contributed by atoms with van der Waals surface area (Å²) in [7, 11) is 0. The normalized spacial score (nSPS) is 22.4. The molecule has 1 fully saturated rings. The first-order valence-corrected chi connectivity index (χ1v) is 7.13. The van der Waals surface area contributed by atoms with Crippen LogP contribution in [-0.2, 0) is 10.2 Å². The van der Waals surface area contributed by atoms with Gasteiger partial charge in [-0.05, 0) is 30.4 Å². The van der Waals surface area contributed by atoms with Crippen molar-refractivity contribution in [2.24, 2.45) is 5.41 Å². The Balaban J connectivity index is 2.13. The zero-order chi connectivity index (χ0) is 15.8. The number of hydrogen-bond acceptors (Lipinski definition) is 3. The van der Waals surface area contributed by atoms with E-state index in [4.69, 9.17) is 0 Å². The first-order valence-electron chi connectivity index (χ1n) is 7.13. The molecular formula is C16H22N2O3. The van der Waals surface area contributed by atoms with E-state index in [1.807, 2.05) is 6.07 Å². The van der Waals surface area contributed by atoms with Gasteiger partial charge in [0.15, 0.2) is 0 Å². The van der Waals surface area contributed by atoms with Gasteiger partial charge < -0.3 is 10.0 Å². The van der Waals surface area contributed by atoms with Crippen LogP contribution in [-0.4, -0.2) is 40.0 Å². The number of aromatic nitrogens is 1. The van der Waals surface area contributed by atoms with Crippen LogP contribution in [0.3, 0.4) is 0 Å². The molecule has 5 nitrogen and oxygen atoms in total. The lowest BCUT2D eigenvalue weighted by Crippen LogP contribution is -2.35. The van der Waals surface area contributed by atoms with Gasteiger partial charge in [0.25, 0.3) is 5.91 Å². The summed E-state index contributed by atoms with van der Waals surface area (Å²) in [4.78, 5) is 29.4. The molecular weight excluding hydrogens is 268 g/mol. The lowest BCUT2D eigenvalue weighted by Gasteiger charge is -2.21. The number of nitrogens with zero attached hydrogens (tertiary/aromatic N) is 2. The van der Waals surface area contributed by atoms with Gasteiger partial charge in [-0.1, -0.05) is 26.8 Å². The summed E-state index contributed by atoms with van der Waals surface area (Å²) < 4.78 is 0. The maximum Gasteiger partial charge on any atom is 0.311 e. The zero-order valence-electron chi connectivity index (χ0n) is 13.0. The number of carboxylic acids is 1. The minimum atomic E-state index is -0.853. The Hall–Kier alpha value is -1.91. The molecule has 0 bridgehead atoms. The van der Waals surface area contributed by atoms with Crippen molar-refractivity contribution < 1.29 is 14.7 Å². The predicted molar refractivity (Wildman–Crippen MR) is 79.2 cm³/mol. The van der Waals surface area contributed by atoms with E-state index in [1.54, 1.807) is 24.1 Å². The lowest BCUT2D eigenvalue weighted by molar-refractivity contribution is -0.147. The monoisotopic (exact) mass is 290 g/mol. The summed E-state index contributed by atoms with van der Waals surface area (Å²) in [5, 5.41) is 9.21. The summed E-state index contributed by atoms with van der Waals surface area (Å²) in [5.74, 6) is -1.05. The van der Waals surface area contributed by atoms with Crippen molar-refractivity contribution in [2.45, 2.75) is 39.5 Å². The smallest absolute Gasteiger partial charge is 0.311 e. The second-order valence-electron chi connectivity index (χ2n) is 7.02. The van der Waals surface area contributed by atoms with E-state index in [1.165, 1.54) is 0 Å². The molecule has 1 atom stereocenters. The number of hydrogen-bond donors (Lipinski definition) is 1. The fraction of sp³-hybridized carbons (Fsp3) is 0.562. The number of likely N-dealkylation sites (tertiary alicyclic amines) is 1. The fourth-order valence-corrected chi connectivity index (χ4v) is 2.44. The molecule has 1 aliphatic heterocycles. The quantitative estimate of drug-likeness (QED) is 0.907. The number of carboxylic acid groups (broad SMARTS) is 1. The third-order valence-corrected chi connectivity index (χ3v) is 4.13.